The second-order valence-electron chi connectivity index (χ2n) is 5.98. The van der Waals surface area contributed by atoms with E-state index < -0.39 is 6.04 Å². The molecule has 4 nitrogen and oxygen atoms in total. The highest BCUT2D eigenvalue weighted by atomic mass is 35.5. The average molecular weight is 347 g/mol. The topological polar surface area (TPSA) is 64.4 Å². The Labute approximate surface area is 148 Å². The third kappa shape index (κ3) is 4.28. The zero-order chi connectivity index (χ0) is 16.2. The largest absolute Gasteiger partial charge is 0.493 e. The van der Waals surface area contributed by atoms with Gasteiger partial charge in [-0.05, 0) is 54.2 Å². The first kappa shape index (κ1) is 18.3. The van der Waals surface area contributed by atoms with Crippen molar-refractivity contribution in [1.29, 1.82) is 0 Å². The lowest BCUT2D eigenvalue weighted by Gasteiger charge is -2.18. The molecular formula is C19H23ClN2O2. The number of rotatable bonds is 4. The normalized spacial score (nSPS) is 13.9. The quantitative estimate of drug-likeness (QED) is 0.894. The lowest BCUT2D eigenvalue weighted by atomic mass is 9.98. The fraction of sp³-hybridized carbons (Fsp3) is 0.316. The Morgan fingerprint density at radius 1 is 1.21 bits per heavy atom. The number of halogens is 1. The van der Waals surface area contributed by atoms with E-state index in [1.165, 1.54) is 16.7 Å². The van der Waals surface area contributed by atoms with E-state index in [1.54, 1.807) is 6.92 Å². The standard InChI is InChI=1S/C19H22N2O2.ClH/c1-13(20)19(22)21-12-14-4-6-15(7-5-14)16-8-9-18-17(11-16)3-2-10-23-18;/h4-9,11,13H,2-3,10,12,20H2,1H3,(H,21,22);1H/t13-;/m1./s1. The molecule has 5 heteroatoms. The van der Waals surface area contributed by atoms with E-state index in [0.29, 0.717) is 6.54 Å². The first-order chi connectivity index (χ1) is 11.1. The Morgan fingerprint density at radius 2 is 1.92 bits per heavy atom. The minimum atomic E-state index is -0.480. The van der Waals surface area contributed by atoms with Crippen molar-refractivity contribution in [3.63, 3.8) is 0 Å². The molecule has 2 aromatic rings. The maximum atomic E-state index is 11.5. The van der Waals surface area contributed by atoms with Gasteiger partial charge in [0.15, 0.2) is 0 Å². The highest BCUT2D eigenvalue weighted by Gasteiger charge is 2.11. The zero-order valence-corrected chi connectivity index (χ0v) is 14.6. The number of nitrogens with two attached hydrogens (primary N) is 1. The molecule has 1 amide bonds. The minimum Gasteiger partial charge on any atom is -0.493 e. The van der Waals surface area contributed by atoms with Crippen LogP contribution in [0.4, 0.5) is 0 Å². The predicted octanol–water partition coefficient (Wildman–Crippen LogP) is 3.06. The zero-order valence-electron chi connectivity index (χ0n) is 13.7. The highest BCUT2D eigenvalue weighted by molar-refractivity contribution is 5.85. The van der Waals surface area contributed by atoms with Crippen molar-refractivity contribution in [2.45, 2.75) is 32.4 Å². The summed E-state index contributed by atoms with van der Waals surface area (Å²) in [4.78, 5) is 11.5. The van der Waals surface area contributed by atoms with Gasteiger partial charge in [0.05, 0.1) is 12.6 Å². The predicted molar refractivity (Wildman–Crippen MR) is 98.4 cm³/mol. The van der Waals surface area contributed by atoms with E-state index in [9.17, 15) is 4.79 Å². The molecule has 128 valence electrons. The molecule has 3 N–H and O–H groups in total. The fourth-order valence-electron chi connectivity index (χ4n) is 2.71. The van der Waals surface area contributed by atoms with Gasteiger partial charge in [0, 0.05) is 6.54 Å². The van der Waals surface area contributed by atoms with Gasteiger partial charge in [0.25, 0.3) is 0 Å². The summed E-state index contributed by atoms with van der Waals surface area (Å²) in [5, 5.41) is 2.82. The summed E-state index contributed by atoms with van der Waals surface area (Å²) < 4.78 is 5.66. The summed E-state index contributed by atoms with van der Waals surface area (Å²) in [6, 6.07) is 14.1. The molecular weight excluding hydrogens is 324 g/mol. The average Bonchev–Trinajstić information content (AvgIpc) is 2.59. The van der Waals surface area contributed by atoms with Crippen molar-refractivity contribution >= 4 is 18.3 Å². The molecule has 0 bridgehead atoms. The van der Waals surface area contributed by atoms with Gasteiger partial charge in [0.1, 0.15) is 5.75 Å². The van der Waals surface area contributed by atoms with Gasteiger partial charge in [-0.15, -0.1) is 12.4 Å². The number of ether oxygens (including phenoxy) is 1. The van der Waals surface area contributed by atoms with Crippen molar-refractivity contribution < 1.29 is 9.53 Å². The molecule has 0 unspecified atom stereocenters. The number of aryl methyl sites for hydroxylation is 1. The smallest absolute Gasteiger partial charge is 0.236 e. The van der Waals surface area contributed by atoms with Gasteiger partial charge in [0.2, 0.25) is 5.91 Å². The van der Waals surface area contributed by atoms with Crippen LogP contribution in [0.2, 0.25) is 0 Å². The van der Waals surface area contributed by atoms with Gasteiger partial charge in [-0.25, -0.2) is 0 Å². The van der Waals surface area contributed by atoms with Gasteiger partial charge in [-0.1, -0.05) is 30.3 Å². The van der Waals surface area contributed by atoms with Gasteiger partial charge in [-0.3, -0.25) is 4.79 Å². The molecule has 0 aromatic heterocycles. The maximum absolute atomic E-state index is 11.5. The molecule has 24 heavy (non-hydrogen) atoms. The third-order valence-electron chi connectivity index (χ3n) is 4.08. The molecule has 0 spiro atoms. The second kappa shape index (κ2) is 8.18. The first-order valence-corrected chi connectivity index (χ1v) is 8.02. The maximum Gasteiger partial charge on any atom is 0.236 e. The highest BCUT2D eigenvalue weighted by Crippen LogP contribution is 2.30. The number of hydrogen-bond acceptors (Lipinski definition) is 3. The number of carbonyl (C=O) groups excluding carboxylic acids is 1. The lowest BCUT2D eigenvalue weighted by Crippen LogP contribution is -2.37. The monoisotopic (exact) mass is 346 g/mol. The van der Waals surface area contributed by atoms with Crippen LogP contribution in [0.5, 0.6) is 5.75 Å². The molecule has 0 radical (unpaired) electrons. The number of fused-ring (bicyclic) bond motifs is 1. The Balaban J connectivity index is 0.00000208. The van der Waals surface area contributed by atoms with Gasteiger partial charge >= 0.3 is 0 Å². The van der Waals surface area contributed by atoms with E-state index in [0.717, 1.165) is 30.8 Å². The van der Waals surface area contributed by atoms with E-state index in [-0.39, 0.29) is 18.3 Å². The lowest BCUT2D eigenvalue weighted by molar-refractivity contribution is -0.122. The van der Waals surface area contributed by atoms with Crippen molar-refractivity contribution in [1.82, 2.24) is 5.32 Å². The van der Waals surface area contributed by atoms with Crippen molar-refractivity contribution in [2.75, 3.05) is 6.61 Å². The van der Waals surface area contributed by atoms with Crippen LogP contribution in [0.3, 0.4) is 0 Å². The van der Waals surface area contributed by atoms with Gasteiger partial charge in [-0.2, -0.15) is 0 Å². The van der Waals surface area contributed by atoms with Crippen molar-refractivity contribution in [2.24, 2.45) is 5.73 Å². The molecule has 2 aromatic carbocycles. The second-order valence-corrected chi connectivity index (χ2v) is 5.98. The molecule has 0 saturated carbocycles. The Hall–Kier alpha value is -2.04. The first-order valence-electron chi connectivity index (χ1n) is 8.02. The Bertz CT molecular complexity index is 699. The van der Waals surface area contributed by atoms with Crippen LogP contribution in [0, 0.1) is 0 Å². The summed E-state index contributed by atoms with van der Waals surface area (Å²) in [6.45, 7) is 2.99. The summed E-state index contributed by atoms with van der Waals surface area (Å²) in [6.07, 6.45) is 2.15. The SMILES string of the molecule is C[C@@H](N)C(=O)NCc1ccc(-c2ccc3c(c2)CCCO3)cc1.Cl. The summed E-state index contributed by atoms with van der Waals surface area (Å²) in [5.41, 5.74) is 10.2. The van der Waals surface area contributed by atoms with Crippen LogP contribution >= 0.6 is 12.4 Å². The molecule has 1 heterocycles. The molecule has 1 atom stereocenters. The summed E-state index contributed by atoms with van der Waals surface area (Å²) in [5.74, 6) is 0.874. The van der Waals surface area contributed by atoms with E-state index in [1.807, 2.05) is 12.1 Å². The molecule has 0 fully saturated rings. The van der Waals surface area contributed by atoms with Crippen LogP contribution in [-0.4, -0.2) is 18.6 Å². The summed E-state index contributed by atoms with van der Waals surface area (Å²) in [7, 11) is 0. The molecule has 1 aliphatic heterocycles. The van der Waals surface area contributed by atoms with Crippen molar-refractivity contribution in [3.8, 4) is 16.9 Å². The van der Waals surface area contributed by atoms with Crippen molar-refractivity contribution in [3.05, 3.63) is 53.6 Å². The molecule has 0 aliphatic carbocycles. The number of nitrogens with one attached hydrogen (secondary N) is 1. The van der Waals surface area contributed by atoms with Crippen LogP contribution in [0.1, 0.15) is 24.5 Å². The Kier molecular flexibility index (Phi) is 6.23. The van der Waals surface area contributed by atoms with Crippen LogP contribution in [0.25, 0.3) is 11.1 Å². The molecule has 1 aliphatic rings. The van der Waals surface area contributed by atoms with E-state index in [2.05, 4.69) is 35.6 Å². The molecule has 0 saturated heterocycles. The minimum absolute atomic E-state index is 0. The number of amides is 1. The van der Waals surface area contributed by atoms with Crippen LogP contribution in [-0.2, 0) is 17.8 Å². The fourth-order valence-corrected chi connectivity index (χ4v) is 2.71. The van der Waals surface area contributed by atoms with Crippen LogP contribution < -0.4 is 15.8 Å². The Morgan fingerprint density at radius 3 is 2.62 bits per heavy atom. The number of carbonyl (C=O) groups is 1. The van der Waals surface area contributed by atoms with E-state index >= 15 is 0 Å². The molecule has 3 rings (SSSR count). The summed E-state index contributed by atoms with van der Waals surface area (Å²) >= 11 is 0. The van der Waals surface area contributed by atoms with Gasteiger partial charge < -0.3 is 15.8 Å². The van der Waals surface area contributed by atoms with E-state index in [4.69, 9.17) is 10.5 Å². The number of hydrogen-bond donors (Lipinski definition) is 2. The number of benzene rings is 2. The third-order valence-corrected chi connectivity index (χ3v) is 4.08. The van der Waals surface area contributed by atoms with Crippen LogP contribution in [0.15, 0.2) is 42.5 Å².